The largest absolute Gasteiger partial charge is 0.325 e. The van der Waals surface area contributed by atoms with Crippen molar-refractivity contribution in [2.75, 3.05) is 20.6 Å². The molecule has 0 radical (unpaired) electrons. The monoisotopic (exact) mass is 594 g/mol. The average molecular weight is 595 g/mol. The molecular formula is C45H40N+. The van der Waals surface area contributed by atoms with Gasteiger partial charge in [-0.15, -0.1) is 0 Å². The second-order valence-electron chi connectivity index (χ2n) is 17.0. The quantitative estimate of drug-likeness (QED) is 0.0932. The summed E-state index contributed by atoms with van der Waals surface area (Å²) in [5, 5.41) is 25.8. The van der Waals surface area contributed by atoms with Gasteiger partial charge in [-0.2, -0.15) is 0 Å². The summed E-state index contributed by atoms with van der Waals surface area (Å²) in [5.74, 6) is 1.26. The van der Waals surface area contributed by atoms with Gasteiger partial charge >= 0.3 is 0 Å². The fourth-order valence-electron chi connectivity index (χ4n) is 13.0. The molecule has 9 aromatic carbocycles. The third kappa shape index (κ3) is 2.40. The van der Waals surface area contributed by atoms with Gasteiger partial charge in [-0.1, -0.05) is 81.8 Å². The average Bonchev–Trinajstić information content (AvgIpc) is 3.82. The van der Waals surface area contributed by atoms with Crippen molar-refractivity contribution in [3.8, 4) is 0 Å². The van der Waals surface area contributed by atoms with Gasteiger partial charge in [0, 0.05) is 18.3 Å². The van der Waals surface area contributed by atoms with E-state index in [4.69, 9.17) is 0 Å². The van der Waals surface area contributed by atoms with Crippen LogP contribution in [0.3, 0.4) is 0 Å². The van der Waals surface area contributed by atoms with E-state index in [0.29, 0.717) is 17.9 Å². The minimum Gasteiger partial charge on any atom is -0.325 e. The summed E-state index contributed by atoms with van der Waals surface area (Å²) in [6, 6.07) is 16.3. The first-order valence-corrected chi connectivity index (χ1v) is 18.6. The highest BCUT2D eigenvalue weighted by Crippen LogP contribution is 2.66. The molecule has 4 aliphatic rings. The number of likely N-dealkylation sites (tertiary alicyclic amines) is 1. The lowest BCUT2D eigenvalue weighted by Gasteiger charge is -2.35. The van der Waals surface area contributed by atoms with E-state index >= 15 is 0 Å². The number of nitrogens with zero attached hydrogens (tertiary/aromatic N) is 1. The topological polar surface area (TPSA) is 0 Å². The van der Waals surface area contributed by atoms with Crippen LogP contribution in [0.2, 0.25) is 0 Å². The summed E-state index contributed by atoms with van der Waals surface area (Å²) < 4.78 is 1.18. The molecular weight excluding hydrogens is 555 g/mol. The zero-order chi connectivity index (χ0) is 30.0. The van der Waals surface area contributed by atoms with Crippen molar-refractivity contribution in [2.45, 2.75) is 89.0 Å². The molecule has 1 aliphatic heterocycles. The van der Waals surface area contributed by atoms with Gasteiger partial charge in [-0.25, -0.2) is 0 Å². The third-order valence-electron chi connectivity index (χ3n) is 14.5. The summed E-state index contributed by atoms with van der Waals surface area (Å²) >= 11 is 0. The first kappa shape index (κ1) is 24.5. The van der Waals surface area contributed by atoms with Gasteiger partial charge in [0.1, 0.15) is 0 Å². The van der Waals surface area contributed by atoms with Crippen molar-refractivity contribution in [3.63, 3.8) is 0 Å². The molecule has 0 spiro atoms. The molecule has 0 amide bonds. The van der Waals surface area contributed by atoms with Crippen LogP contribution in [0.5, 0.6) is 0 Å². The molecule has 3 aliphatic carbocycles. The molecule has 3 atom stereocenters. The number of likely N-dealkylation sites (N-methyl/N-ethyl adjacent to an activating group) is 1. The first-order valence-electron chi connectivity index (χ1n) is 18.6. The lowest BCUT2D eigenvalue weighted by Crippen LogP contribution is -2.45. The van der Waals surface area contributed by atoms with E-state index in [1.165, 1.54) is 73.2 Å². The highest BCUT2D eigenvalue weighted by atomic mass is 15.4. The molecule has 9 aromatic rings. The first-order chi connectivity index (χ1) is 22.5. The van der Waals surface area contributed by atoms with Gasteiger partial charge in [0.25, 0.3) is 0 Å². The predicted octanol–water partition coefficient (Wildman–Crippen LogP) is 11.7. The third-order valence-corrected chi connectivity index (χ3v) is 14.5. The number of hydrogen-bond acceptors (Lipinski definition) is 0. The van der Waals surface area contributed by atoms with E-state index in [9.17, 15) is 0 Å². The molecule has 1 fully saturated rings. The second-order valence-corrected chi connectivity index (χ2v) is 17.0. The number of benzene rings is 7. The van der Waals surface area contributed by atoms with Gasteiger partial charge < -0.3 is 4.48 Å². The highest BCUT2D eigenvalue weighted by Gasteiger charge is 2.54. The fourth-order valence-corrected chi connectivity index (χ4v) is 13.0. The van der Waals surface area contributed by atoms with E-state index in [2.05, 4.69) is 57.4 Å². The van der Waals surface area contributed by atoms with Gasteiger partial charge in [-0.3, -0.25) is 0 Å². The van der Waals surface area contributed by atoms with E-state index in [1.54, 1.807) is 109 Å². The highest BCUT2D eigenvalue weighted by molar-refractivity contribution is 6.58. The molecule has 46 heavy (non-hydrogen) atoms. The molecule has 224 valence electrons. The van der Waals surface area contributed by atoms with Crippen LogP contribution in [-0.2, 0) is 12.8 Å². The van der Waals surface area contributed by atoms with Crippen LogP contribution in [0.25, 0.3) is 86.2 Å². The van der Waals surface area contributed by atoms with Crippen molar-refractivity contribution < 1.29 is 4.48 Å². The SMILES string of the molecule is CCCCCCCCCC1C2c3cc4c5c6c(cc7ccc8cc9c%10c%11c(cc(c%12c3c5c(c%12%11)c3c%10c8c7c63)C2C[N+]1(C)C)C9)C4. The zero-order valence-corrected chi connectivity index (χ0v) is 27.4. The fraction of sp³-hybridized carbons (Fsp3) is 0.378. The van der Waals surface area contributed by atoms with Crippen LogP contribution >= 0.6 is 0 Å². The number of rotatable bonds is 8. The minimum atomic E-state index is 0.629. The van der Waals surface area contributed by atoms with E-state index in [-0.39, 0.29) is 0 Å². The maximum absolute atomic E-state index is 2.78. The maximum atomic E-state index is 2.78. The Hall–Kier alpha value is -3.68. The van der Waals surface area contributed by atoms with Crippen LogP contribution in [0.4, 0.5) is 0 Å². The normalized spacial score (nSPS) is 22.6. The van der Waals surface area contributed by atoms with E-state index < -0.39 is 0 Å². The number of unbranched alkanes of at least 4 members (excludes halogenated alkanes) is 6. The smallest absolute Gasteiger partial charge is 0.0964 e. The zero-order valence-electron chi connectivity index (χ0n) is 27.4. The molecule has 13 rings (SSSR count). The molecule has 0 saturated carbocycles. The maximum Gasteiger partial charge on any atom is 0.0964 e. The summed E-state index contributed by atoms with van der Waals surface area (Å²) in [4.78, 5) is 0. The van der Waals surface area contributed by atoms with Gasteiger partial charge in [-0.05, 0) is 139 Å². The van der Waals surface area contributed by atoms with Crippen LogP contribution in [-0.4, -0.2) is 31.2 Å². The van der Waals surface area contributed by atoms with Crippen molar-refractivity contribution in [2.24, 2.45) is 0 Å². The molecule has 1 saturated heterocycles. The number of hydrogen-bond donors (Lipinski definition) is 0. The summed E-state index contributed by atoms with van der Waals surface area (Å²) in [6.07, 6.45) is 13.4. The van der Waals surface area contributed by atoms with E-state index in [1.807, 2.05) is 0 Å². The van der Waals surface area contributed by atoms with Crippen molar-refractivity contribution in [1.82, 2.24) is 0 Å². The Bertz CT molecular complexity index is 2740. The van der Waals surface area contributed by atoms with Gasteiger partial charge in [0.2, 0.25) is 0 Å². The van der Waals surface area contributed by atoms with Crippen molar-refractivity contribution >= 4 is 86.2 Å². The summed E-state index contributed by atoms with van der Waals surface area (Å²) in [6.45, 7) is 3.61. The Morgan fingerprint density at radius 1 is 0.522 bits per heavy atom. The summed E-state index contributed by atoms with van der Waals surface area (Å²) in [7, 11) is 5.16. The summed E-state index contributed by atoms with van der Waals surface area (Å²) in [5.41, 5.74) is 9.92. The van der Waals surface area contributed by atoms with Crippen molar-refractivity contribution in [3.05, 3.63) is 69.8 Å². The Balaban J connectivity index is 1.14. The number of fused-ring (bicyclic) bond motifs is 3. The lowest BCUT2D eigenvalue weighted by atomic mass is 9.72. The lowest BCUT2D eigenvalue weighted by molar-refractivity contribution is -0.903. The molecule has 0 N–H and O–H groups in total. The number of quaternary nitrogens is 1. The molecule has 1 heterocycles. The molecule has 0 aromatic heterocycles. The standard InChI is InChI=1S/C45H40N/c1-4-5-6-7-8-9-10-11-30-37-28-19-26-17-24-15-22-13-12-21-14-23-16-25-18-27(29(37)20-46(30,2)3)38-39(28)43-36(26)34(24)41-32(22)31(21)40-33(23)35(25)42(38)45(43)44(40)41/h12-15,18-19,29-30,37H,4-11,16-17,20H2,1-3H3/q+1. The Kier molecular flexibility index (Phi) is 4.02. The Morgan fingerprint density at radius 2 is 1.00 bits per heavy atom. The molecule has 1 heteroatoms. The van der Waals surface area contributed by atoms with Gasteiger partial charge in [0.05, 0.1) is 26.7 Å². The Labute approximate surface area is 269 Å². The van der Waals surface area contributed by atoms with Crippen LogP contribution < -0.4 is 0 Å². The van der Waals surface area contributed by atoms with E-state index in [0.717, 1.165) is 12.8 Å². The molecule has 3 unspecified atom stereocenters. The molecule has 1 nitrogen and oxygen atoms in total. The van der Waals surface area contributed by atoms with Crippen molar-refractivity contribution in [1.29, 1.82) is 0 Å². The van der Waals surface area contributed by atoms with Gasteiger partial charge in [0.15, 0.2) is 0 Å². The van der Waals surface area contributed by atoms with Crippen LogP contribution in [0, 0.1) is 0 Å². The van der Waals surface area contributed by atoms with Crippen LogP contribution in [0.1, 0.15) is 104 Å². The minimum absolute atomic E-state index is 0.629. The molecule has 0 bridgehead atoms. The van der Waals surface area contributed by atoms with Crippen LogP contribution in [0.15, 0.2) is 36.4 Å². The second kappa shape index (κ2) is 7.55. The predicted molar refractivity (Wildman–Crippen MR) is 197 cm³/mol. The Morgan fingerprint density at radius 3 is 1.61 bits per heavy atom.